The maximum absolute atomic E-state index is 12.4. The molecule has 0 atom stereocenters. The molecule has 0 spiro atoms. The molecular formula is C16H20ClN5O2. The summed E-state index contributed by atoms with van der Waals surface area (Å²) in [5.41, 5.74) is 0.390. The highest BCUT2D eigenvalue weighted by atomic mass is 35.5. The van der Waals surface area contributed by atoms with Crippen LogP contribution in [0.4, 0.5) is 0 Å². The van der Waals surface area contributed by atoms with Crippen LogP contribution in [0.5, 0.6) is 5.75 Å². The number of methoxy groups -OCH3 is 1. The highest BCUT2D eigenvalue weighted by Gasteiger charge is 2.21. The van der Waals surface area contributed by atoms with Crippen molar-refractivity contribution < 1.29 is 9.53 Å². The summed E-state index contributed by atoms with van der Waals surface area (Å²) < 4.78 is 7.05. The molecule has 0 bridgehead atoms. The molecule has 128 valence electrons. The first kappa shape index (κ1) is 16.7. The number of ether oxygens (including phenoxy) is 1. The minimum Gasteiger partial charge on any atom is -0.496 e. The number of hydrogen-bond acceptors (Lipinski definition) is 5. The summed E-state index contributed by atoms with van der Waals surface area (Å²) in [6.45, 7) is 0.262. The van der Waals surface area contributed by atoms with Gasteiger partial charge in [-0.3, -0.25) is 4.79 Å². The fraction of sp³-hybridized carbons (Fsp3) is 0.500. The molecule has 7 nitrogen and oxygen atoms in total. The minimum atomic E-state index is -0.271. The number of rotatable bonds is 5. The number of amides is 1. The van der Waals surface area contributed by atoms with E-state index < -0.39 is 0 Å². The number of benzene rings is 1. The van der Waals surface area contributed by atoms with Gasteiger partial charge in [-0.25, -0.2) is 4.68 Å². The largest absolute Gasteiger partial charge is 0.496 e. The first-order valence-electron chi connectivity index (χ1n) is 8.07. The van der Waals surface area contributed by atoms with Crippen LogP contribution < -0.4 is 10.1 Å². The van der Waals surface area contributed by atoms with Gasteiger partial charge in [0, 0.05) is 5.02 Å². The predicted molar refractivity (Wildman–Crippen MR) is 89.1 cm³/mol. The Balaban J connectivity index is 1.69. The number of carbonyl (C=O) groups excluding carboxylic acids is 1. The number of carbonyl (C=O) groups is 1. The molecule has 1 amide bonds. The summed E-state index contributed by atoms with van der Waals surface area (Å²) in [6.07, 6.45) is 5.80. The zero-order valence-electron chi connectivity index (χ0n) is 13.5. The summed E-state index contributed by atoms with van der Waals surface area (Å²) in [5, 5.41) is 15.2. The van der Waals surface area contributed by atoms with Crippen molar-refractivity contribution in [2.24, 2.45) is 0 Å². The van der Waals surface area contributed by atoms with Gasteiger partial charge in [-0.2, -0.15) is 0 Å². The Hall–Kier alpha value is -2.15. The number of aromatic nitrogens is 4. The molecule has 1 aliphatic rings. The summed E-state index contributed by atoms with van der Waals surface area (Å²) in [6, 6.07) is 5.26. The van der Waals surface area contributed by atoms with Crippen molar-refractivity contribution in [1.29, 1.82) is 0 Å². The fourth-order valence-electron chi connectivity index (χ4n) is 3.05. The van der Waals surface area contributed by atoms with Crippen molar-refractivity contribution in [3.63, 3.8) is 0 Å². The number of nitrogens with zero attached hydrogens (tertiary/aromatic N) is 4. The van der Waals surface area contributed by atoms with Crippen molar-refractivity contribution in [2.45, 2.75) is 44.7 Å². The number of halogens is 1. The van der Waals surface area contributed by atoms with Crippen LogP contribution in [0.15, 0.2) is 18.2 Å². The maximum Gasteiger partial charge on any atom is 0.255 e. The number of tetrazole rings is 1. The van der Waals surface area contributed by atoms with E-state index in [9.17, 15) is 4.79 Å². The topological polar surface area (TPSA) is 81.9 Å². The van der Waals surface area contributed by atoms with E-state index in [1.165, 1.54) is 26.4 Å². The zero-order valence-corrected chi connectivity index (χ0v) is 14.3. The second kappa shape index (κ2) is 7.61. The zero-order chi connectivity index (χ0) is 16.9. The molecule has 0 saturated heterocycles. The van der Waals surface area contributed by atoms with Gasteiger partial charge in [-0.15, -0.1) is 5.10 Å². The molecule has 3 rings (SSSR count). The average molecular weight is 350 g/mol. The SMILES string of the molecule is COc1ccc(Cl)cc1C(=O)NCc1nnnn1C1CCCCC1. The molecule has 1 aromatic heterocycles. The molecule has 0 radical (unpaired) electrons. The lowest BCUT2D eigenvalue weighted by Crippen LogP contribution is -2.27. The predicted octanol–water partition coefficient (Wildman–Crippen LogP) is 2.77. The van der Waals surface area contributed by atoms with E-state index in [0.29, 0.717) is 28.2 Å². The summed E-state index contributed by atoms with van der Waals surface area (Å²) in [5.74, 6) is 0.868. The molecule has 1 fully saturated rings. The van der Waals surface area contributed by atoms with Gasteiger partial charge in [-0.1, -0.05) is 30.9 Å². The Morgan fingerprint density at radius 3 is 2.92 bits per heavy atom. The van der Waals surface area contributed by atoms with Crippen LogP contribution in [0.1, 0.15) is 54.3 Å². The van der Waals surface area contributed by atoms with Crippen LogP contribution in [0, 0.1) is 0 Å². The third-order valence-electron chi connectivity index (χ3n) is 4.29. The van der Waals surface area contributed by atoms with Crippen molar-refractivity contribution >= 4 is 17.5 Å². The Bertz CT molecular complexity index is 712. The summed E-state index contributed by atoms with van der Waals surface area (Å²) in [4.78, 5) is 12.4. The Morgan fingerprint density at radius 1 is 1.38 bits per heavy atom. The molecule has 24 heavy (non-hydrogen) atoms. The highest BCUT2D eigenvalue weighted by Crippen LogP contribution is 2.28. The maximum atomic E-state index is 12.4. The first-order chi connectivity index (χ1) is 11.7. The van der Waals surface area contributed by atoms with Gasteiger partial charge in [0.1, 0.15) is 5.75 Å². The van der Waals surface area contributed by atoms with Gasteiger partial charge < -0.3 is 10.1 Å². The van der Waals surface area contributed by atoms with Crippen LogP contribution >= 0.6 is 11.6 Å². The molecule has 1 saturated carbocycles. The van der Waals surface area contributed by atoms with Crippen LogP contribution in [-0.2, 0) is 6.54 Å². The van der Waals surface area contributed by atoms with Crippen LogP contribution in [0.3, 0.4) is 0 Å². The normalized spacial score (nSPS) is 15.2. The molecule has 1 heterocycles. The Kier molecular flexibility index (Phi) is 5.30. The van der Waals surface area contributed by atoms with Gasteiger partial charge >= 0.3 is 0 Å². The number of nitrogens with one attached hydrogen (secondary N) is 1. The lowest BCUT2D eigenvalue weighted by atomic mass is 9.95. The van der Waals surface area contributed by atoms with Gasteiger partial charge in [0.25, 0.3) is 5.91 Å². The van der Waals surface area contributed by atoms with Crippen LogP contribution in [-0.4, -0.2) is 33.2 Å². The van der Waals surface area contributed by atoms with Crippen molar-refractivity contribution in [3.05, 3.63) is 34.6 Å². The van der Waals surface area contributed by atoms with Gasteiger partial charge in [-0.05, 0) is 41.5 Å². The van der Waals surface area contributed by atoms with Crippen molar-refractivity contribution in [3.8, 4) is 5.75 Å². The summed E-state index contributed by atoms with van der Waals surface area (Å²) in [7, 11) is 1.52. The molecule has 0 unspecified atom stereocenters. The molecular weight excluding hydrogens is 330 g/mol. The molecule has 1 N–H and O–H groups in total. The standard InChI is InChI=1S/C16H20ClN5O2/c1-24-14-8-7-11(17)9-13(14)16(23)18-10-15-19-20-21-22(15)12-5-3-2-4-6-12/h7-9,12H,2-6,10H2,1H3,(H,18,23). The van der Waals surface area contributed by atoms with Gasteiger partial charge in [0.2, 0.25) is 0 Å². The molecule has 2 aromatic rings. The van der Waals surface area contributed by atoms with Crippen LogP contribution in [0.2, 0.25) is 5.02 Å². The van der Waals surface area contributed by atoms with E-state index in [0.717, 1.165) is 12.8 Å². The second-order valence-electron chi connectivity index (χ2n) is 5.86. The fourth-order valence-corrected chi connectivity index (χ4v) is 3.22. The highest BCUT2D eigenvalue weighted by molar-refractivity contribution is 6.31. The molecule has 1 aromatic carbocycles. The van der Waals surface area contributed by atoms with Gasteiger partial charge in [0.15, 0.2) is 5.82 Å². The van der Waals surface area contributed by atoms with Crippen molar-refractivity contribution in [2.75, 3.05) is 7.11 Å². The molecule has 0 aliphatic heterocycles. The smallest absolute Gasteiger partial charge is 0.255 e. The second-order valence-corrected chi connectivity index (χ2v) is 6.30. The van der Waals surface area contributed by atoms with E-state index in [4.69, 9.17) is 16.3 Å². The monoisotopic (exact) mass is 349 g/mol. The van der Waals surface area contributed by atoms with Crippen LogP contribution in [0.25, 0.3) is 0 Å². The third-order valence-corrected chi connectivity index (χ3v) is 4.53. The molecule has 1 aliphatic carbocycles. The average Bonchev–Trinajstić information content (AvgIpc) is 3.09. The van der Waals surface area contributed by atoms with E-state index in [-0.39, 0.29) is 12.5 Å². The minimum absolute atomic E-state index is 0.262. The number of hydrogen-bond donors (Lipinski definition) is 1. The van der Waals surface area contributed by atoms with E-state index >= 15 is 0 Å². The van der Waals surface area contributed by atoms with E-state index in [1.807, 2.05) is 4.68 Å². The van der Waals surface area contributed by atoms with E-state index in [2.05, 4.69) is 20.8 Å². The first-order valence-corrected chi connectivity index (χ1v) is 8.45. The Morgan fingerprint density at radius 2 is 2.17 bits per heavy atom. The van der Waals surface area contributed by atoms with Gasteiger partial charge in [0.05, 0.1) is 25.3 Å². The molecule has 8 heteroatoms. The van der Waals surface area contributed by atoms with E-state index in [1.54, 1.807) is 18.2 Å². The summed E-state index contributed by atoms with van der Waals surface area (Å²) >= 11 is 5.97. The Labute approximate surface area is 145 Å². The quantitative estimate of drug-likeness (QED) is 0.897. The lowest BCUT2D eigenvalue weighted by molar-refractivity contribution is 0.0945. The van der Waals surface area contributed by atoms with Crippen molar-refractivity contribution in [1.82, 2.24) is 25.5 Å². The third kappa shape index (κ3) is 3.67. The lowest BCUT2D eigenvalue weighted by Gasteiger charge is -2.22.